The lowest BCUT2D eigenvalue weighted by molar-refractivity contribution is -0.119. The van der Waals surface area contributed by atoms with E-state index in [0.29, 0.717) is 6.10 Å². The van der Waals surface area contributed by atoms with E-state index < -0.39 is 0 Å². The van der Waals surface area contributed by atoms with Gasteiger partial charge in [-0.2, -0.15) is 0 Å². The minimum atomic E-state index is 0.0370. The van der Waals surface area contributed by atoms with E-state index in [1.807, 2.05) is 58.0 Å². The first-order chi connectivity index (χ1) is 21.9. The molecule has 0 bridgehead atoms. The molecule has 258 valence electrons. The van der Waals surface area contributed by atoms with Crippen molar-refractivity contribution in [3.8, 4) is 11.1 Å². The summed E-state index contributed by atoms with van der Waals surface area (Å²) in [4.78, 5) is 21.7. The highest BCUT2D eigenvalue weighted by Crippen LogP contribution is 2.20. The van der Waals surface area contributed by atoms with E-state index in [4.69, 9.17) is 4.74 Å². The van der Waals surface area contributed by atoms with Gasteiger partial charge < -0.3 is 4.74 Å². The molecule has 0 aliphatic carbocycles. The second kappa shape index (κ2) is 31.7. The Morgan fingerprint density at radius 1 is 0.717 bits per heavy atom. The highest BCUT2D eigenvalue weighted by Gasteiger charge is 2.05. The molecule has 0 N–H and O–H groups in total. The lowest BCUT2D eigenvalue weighted by atomic mass is 10.0. The highest BCUT2D eigenvalue weighted by molar-refractivity contribution is 5.94. The van der Waals surface area contributed by atoms with Gasteiger partial charge in [0, 0.05) is 18.1 Å². The summed E-state index contributed by atoms with van der Waals surface area (Å²) in [5.74, 6) is 0.336. The van der Waals surface area contributed by atoms with Crippen molar-refractivity contribution in [2.75, 3.05) is 6.61 Å². The van der Waals surface area contributed by atoms with Crippen LogP contribution in [0.3, 0.4) is 0 Å². The summed E-state index contributed by atoms with van der Waals surface area (Å²) < 4.78 is 5.49. The van der Waals surface area contributed by atoms with Crippen LogP contribution in [0.4, 0.5) is 0 Å². The summed E-state index contributed by atoms with van der Waals surface area (Å²) in [5, 5.41) is 0. The largest absolute Gasteiger partial charge is 0.378 e. The van der Waals surface area contributed by atoms with E-state index in [0.717, 1.165) is 49.0 Å². The zero-order chi connectivity index (χ0) is 35.9. The zero-order valence-corrected chi connectivity index (χ0v) is 31.8. The van der Waals surface area contributed by atoms with Crippen LogP contribution in [0.5, 0.6) is 0 Å². The standard InChI is InChI=1S/C15H14O.C8H18O.C8H10.C7H12O.C3H8.C2H6/c1-11-3-5-14(6-4-11)15-9-7-13(8-10-15)12(2)16;1-4-7-9-8(5-2)6-3;1-2-8-6-4-3-5-7-8;1-5(2)6(3)7(4)8;1-3-2;1-2/h3-10H,1-2H3;8H,4-7H2,1-3H3;3-7H,2H2,1H3;6H,1H2,2-4H3;3H2,1-2H3;1-2H3. The maximum Gasteiger partial charge on any atom is 0.159 e. The summed E-state index contributed by atoms with van der Waals surface area (Å²) in [7, 11) is 0. The maximum absolute atomic E-state index is 11.1. The molecular weight excluding hydrogens is 564 g/mol. The van der Waals surface area contributed by atoms with Crippen molar-refractivity contribution in [3.63, 3.8) is 0 Å². The van der Waals surface area contributed by atoms with Gasteiger partial charge in [-0.25, -0.2) is 0 Å². The van der Waals surface area contributed by atoms with E-state index >= 15 is 0 Å². The molecule has 0 fully saturated rings. The lowest BCUT2D eigenvalue weighted by Gasteiger charge is -2.11. The van der Waals surface area contributed by atoms with Crippen molar-refractivity contribution in [3.05, 3.63) is 108 Å². The summed E-state index contributed by atoms with van der Waals surface area (Å²) in [6.45, 7) is 30.4. The van der Waals surface area contributed by atoms with E-state index in [1.54, 1.807) is 13.8 Å². The van der Waals surface area contributed by atoms with Crippen LogP contribution in [0.1, 0.15) is 130 Å². The van der Waals surface area contributed by atoms with Crippen LogP contribution < -0.4 is 0 Å². The fourth-order valence-corrected chi connectivity index (χ4v) is 3.51. The van der Waals surface area contributed by atoms with E-state index in [-0.39, 0.29) is 17.5 Å². The Balaban J connectivity index is -0.000000536. The van der Waals surface area contributed by atoms with Crippen LogP contribution in [-0.2, 0) is 16.0 Å². The van der Waals surface area contributed by atoms with Gasteiger partial charge in [0.05, 0.1) is 6.10 Å². The molecule has 1 atom stereocenters. The Hall–Kier alpha value is -3.30. The predicted molar refractivity (Wildman–Crippen MR) is 205 cm³/mol. The Labute approximate surface area is 284 Å². The third-order valence-corrected chi connectivity index (χ3v) is 6.74. The first kappa shape index (κ1) is 47.1. The van der Waals surface area contributed by atoms with Crippen molar-refractivity contribution >= 4 is 11.6 Å². The number of ketones is 2. The molecule has 0 spiro atoms. The number of benzene rings is 3. The van der Waals surface area contributed by atoms with Crippen LogP contribution in [0.2, 0.25) is 0 Å². The van der Waals surface area contributed by atoms with Gasteiger partial charge in [-0.15, -0.1) is 0 Å². The topological polar surface area (TPSA) is 43.4 Å². The minimum Gasteiger partial charge on any atom is -0.378 e. The summed E-state index contributed by atoms with van der Waals surface area (Å²) in [6, 6.07) is 26.5. The summed E-state index contributed by atoms with van der Waals surface area (Å²) in [6.07, 6.45) is 6.33. The van der Waals surface area contributed by atoms with Crippen molar-refractivity contribution in [1.29, 1.82) is 0 Å². The first-order valence-corrected chi connectivity index (χ1v) is 17.4. The number of carbonyl (C=O) groups is 2. The molecular formula is C43H68O3. The quantitative estimate of drug-likeness (QED) is 0.165. The monoisotopic (exact) mass is 633 g/mol. The number of allylic oxidation sites excluding steroid dienone is 1. The Kier molecular flexibility index (Phi) is 32.4. The van der Waals surface area contributed by atoms with Gasteiger partial charge in [-0.1, -0.05) is 165 Å². The second-order valence-electron chi connectivity index (χ2n) is 11.0. The average molecular weight is 633 g/mol. The van der Waals surface area contributed by atoms with E-state index in [1.165, 1.54) is 23.1 Å². The third-order valence-electron chi connectivity index (χ3n) is 6.74. The normalized spacial score (nSPS) is 9.96. The number of Topliss-reactive ketones (excluding diaryl/α,β-unsaturated/α-hetero) is 2. The fraction of sp³-hybridized carbons (Fsp3) is 0.488. The molecule has 3 nitrogen and oxygen atoms in total. The smallest absolute Gasteiger partial charge is 0.159 e. The zero-order valence-electron chi connectivity index (χ0n) is 31.8. The van der Waals surface area contributed by atoms with Crippen LogP contribution in [-0.4, -0.2) is 24.3 Å². The van der Waals surface area contributed by atoms with Crippen molar-refractivity contribution in [2.45, 2.75) is 128 Å². The Bertz CT molecular complexity index is 1110. The van der Waals surface area contributed by atoms with Crippen LogP contribution >= 0.6 is 0 Å². The van der Waals surface area contributed by atoms with Crippen molar-refractivity contribution in [1.82, 2.24) is 0 Å². The highest BCUT2D eigenvalue weighted by atomic mass is 16.5. The molecule has 3 aromatic rings. The molecule has 3 heteroatoms. The second-order valence-corrected chi connectivity index (χ2v) is 11.0. The predicted octanol–water partition coefficient (Wildman–Crippen LogP) is 12.9. The Morgan fingerprint density at radius 2 is 1.15 bits per heavy atom. The van der Waals surface area contributed by atoms with Crippen molar-refractivity contribution < 1.29 is 14.3 Å². The molecule has 3 aromatic carbocycles. The molecule has 0 radical (unpaired) electrons. The van der Waals surface area contributed by atoms with Gasteiger partial charge in [0.1, 0.15) is 5.78 Å². The van der Waals surface area contributed by atoms with E-state index in [2.05, 4.69) is 104 Å². The number of rotatable bonds is 10. The summed E-state index contributed by atoms with van der Waals surface area (Å²) >= 11 is 0. The Morgan fingerprint density at radius 3 is 1.43 bits per heavy atom. The molecule has 3 rings (SSSR count). The average Bonchev–Trinajstić information content (AvgIpc) is 3.07. The SMILES string of the molecule is C=C(C)C(C)C(C)=O.CC.CC(=O)c1ccc(-c2ccc(C)cc2)cc1.CCC.CCCOC(CC)CC.CCc1ccccc1. The molecule has 0 aromatic heterocycles. The molecule has 0 saturated heterocycles. The number of hydrogen-bond donors (Lipinski definition) is 0. The molecule has 0 aliphatic rings. The summed E-state index contributed by atoms with van der Waals surface area (Å²) in [5.41, 5.74) is 6.69. The number of aryl methyl sites for hydroxylation is 2. The molecule has 0 amide bonds. The first-order valence-electron chi connectivity index (χ1n) is 17.4. The van der Waals surface area contributed by atoms with E-state index in [9.17, 15) is 9.59 Å². The lowest BCUT2D eigenvalue weighted by Crippen LogP contribution is -2.10. The molecule has 46 heavy (non-hydrogen) atoms. The number of ether oxygens (including phenoxy) is 1. The molecule has 0 saturated carbocycles. The van der Waals surface area contributed by atoms with Gasteiger partial charge in [0.2, 0.25) is 0 Å². The molecule has 0 heterocycles. The van der Waals surface area contributed by atoms with Gasteiger partial charge in [0.25, 0.3) is 0 Å². The van der Waals surface area contributed by atoms with Crippen LogP contribution in [0, 0.1) is 12.8 Å². The fourth-order valence-electron chi connectivity index (χ4n) is 3.51. The molecule has 0 aliphatic heterocycles. The van der Waals surface area contributed by atoms with Crippen LogP contribution in [0.15, 0.2) is 91.0 Å². The minimum absolute atomic E-state index is 0.0370. The number of hydrogen-bond acceptors (Lipinski definition) is 3. The van der Waals surface area contributed by atoms with Gasteiger partial charge in [0.15, 0.2) is 5.78 Å². The number of carbonyl (C=O) groups excluding carboxylic acids is 2. The van der Waals surface area contributed by atoms with Crippen molar-refractivity contribution in [2.24, 2.45) is 5.92 Å². The van der Waals surface area contributed by atoms with Gasteiger partial charge >= 0.3 is 0 Å². The third kappa shape index (κ3) is 25.0. The van der Waals surface area contributed by atoms with Gasteiger partial charge in [-0.05, 0) is 70.1 Å². The molecule has 1 unspecified atom stereocenters. The van der Waals surface area contributed by atoms with Crippen LogP contribution in [0.25, 0.3) is 11.1 Å². The van der Waals surface area contributed by atoms with Gasteiger partial charge in [-0.3, -0.25) is 9.59 Å². The maximum atomic E-state index is 11.1.